The molecule has 2 heterocycles. The smallest absolute Gasteiger partial charge is 0.416 e. The number of likely N-dealkylation sites (tertiary alicyclic amines) is 1. The molecule has 1 N–H and O–H groups in total. The summed E-state index contributed by atoms with van der Waals surface area (Å²) >= 11 is 6.64. The van der Waals surface area contributed by atoms with Gasteiger partial charge in [0.15, 0.2) is 0 Å². The quantitative estimate of drug-likeness (QED) is 0.148. The van der Waals surface area contributed by atoms with Crippen molar-refractivity contribution in [2.45, 2.75) is 61.0 Å². The molecule has 1 aliphatic carbocycles. The zero-order valence-corrected chi connectivity index (χ0v) is 31.5. The number of hydrogen-bond donors (Lipinski definition) is 1. The fourth-order valence-electron chi connectivity index (χ4n) is 7.17. The van der Waals surface area contributed by atoms with Gasteiger partial charge in [-0.1, -0.05) is 29.8 Å². The standard InChI is InChI=1S/C37H38ClF4N5O7S/c1-45-19-26(20-45)47(36(48)49)30-14-23(22-5-4-6-25(13-22)37(40,41)42)8-10-31(30)54-33-17-29(39)34(16-28(33)38)55(50,51)46(35-11-12-43-21-44-35)18-24-7-9-27(52-2)15-32(24)53-3/h4-7,9,11-13,15-17,21,23,26,30-31H,8,10,14,18-20H2,1-3H3,(H,48,49)/t23-,30-,31-/m0/s1. The Morgan fingerprint density at radius 1 is 1.04 bits per heavy atom. The molecule has 3 aromatic carbocycles. The van der Waals surface area contributed by atoms with E-state index in [1.54, 1.807) is 24.3 Å². The summed E-state index contributed by atoms with van der Waals surface area (Å²) in [4.78, 5) is 23.1. The maximum absolute atomic E-state index is 16.2. The lowest BCUT2D eigenvalue weighted by atomic mass is 9.78. The van der Waals surface area contributed by atoms with E-state index in [-0.39, 0.29) is 36.0 Å². The van der Waals surface area contributed by atoms with Gasteiger partial charge in [0, 0.05) is 43.0 Å². The molecule has 1 aliphatic heterocycles. The molecule has 4 aromatic rings. The van der Waals surface area contributed by atoms with E-state index in [1.165, 1.54) is 37.4 Å². The van der Waals surface area contributed by atoms with Crippen molar-refractivity contribution in [2.75, 3.05) is 38.7 Å². The SMILES string of the molecule is COc1ccc(CN(c2ccncn2)S(=O)(=O)c2cc(Cl)c(O[C@H]3CC[C@H](c4cccc(C(F)(F)F)c4)C[C@@H]3N(C(=O)O)C3CN(C)C3)cc2F)c(OC)c1. The summed E-state index contributed by atoms with van der Waals surface area (Å²) in [6, 6.07) is 11.6. The molecule has 1 amide bonds. The van der Waals surface area contributed by atoms with E-state index < -0.39 is 62.7 Å². The van der Waals surface area contributed by atoms with E-state index in [1.807, 2.05) is 11.9 Å². The Kier molecular flexibility index (Phi) is 11.6. The number of sulfonamides is 1. The molecule has 0 radical (unpaired) electrons. The van der Waals surface area contributed by atoms with Crippen LogP contribution in [0.15, 0.2) is 78.1 Å². The zero-order valence-electron chi connectivity index (χ0n) is 29.9. The minimum atomic E-state index is -4.73. The Morgan fingerprint density at radius 2 is 1.80 bits per heavy atom. The minimum Gasteiger partial charge on any atom is -0.497 e. The van der Waals surface area contributed by atoms with E-state index in [9.17, 15) is 31.5 Å². The van der Waals surface area contributed by atoms with Gasteiger partial charge >= 0.3 is 12.3 Å². The molecule has 0 unspecified atom stereocenters. The van der Waals surface area contributed by atoms with Crippen LogP contribution in [0.25, 0.3) is 0 Å². The van der Waals surface area contributed by atoms with Crippen LogP contribution < -0.4 is 18.5 Å². The molecule has 1 saturated carbocycles. The van der Waals surface area contributed by atoms with Crippen molar-refractivity contribution in [3.8, 4) is 17.2 Å². The van der Waals surface area contributed by atoms with Crippen molar-refractivity contribution in [2.24, 2.45) is 0 Å². The number of hydrogen-bond acceptors (Lipinski definition) is 9. The zero-order chi connectivity index (χ0) is 39.7. The summed E-state index contributed by atoms with van der Waals surface area (Å²) in [5.74, 6) is -1.18. The molecule has 294 valence electrons. The average Bonchev–Trinajstić information content (AvgIpc) is 3.14. The van der Waals surface area contributed by atoms with Gasteiger partial charge in [0.2, 0.25) is 0 Å². The average molecular weight is 808 g/mol. The Hall–Kier alpha value is -4.87. The van der Waals surface area contributed by atoms with Crippen LogP contribution in [0.1, 0.15) is 41.9 Å². The van der Waals surface area contributed by atoms with Gasteiger partial charge in [-0.3, -0.25) is 4.90 Å². The number of benzene rings is 3. The number of aromatic nitrogens is 2. The van der Waals surface area contributed by atoms with Gasteiger partial charge in [-0.25, -0.2) is 31.9 Å². The summed E-state index contributed by atoms with van der Waals surface area (Å²) in [7, 11) is -0.0265. The van der Waals surface area contributed by atoms with Crippen LogP contribution >= 0.6 is 11.6 Å². The molecular formula is C37H38ClF4N5O7S. The molecule has 0 spiro atoms. The molecule has 55 heavy (non-hydrogen) atoms. The number of likely N-dealkylation sites (N-methyl/N-ethyl adjacent to an activating group) is 1. The highest BCUT2D eigenvalue weighted by Crippen LogP contribution is 2.42. The molecule has 1 aromatic heterocycles. The molecular weight excluding hydrogens is 770 g/mol. The molecule has 12 nitrogen and oxygen atoms in total. The second kappa shape index (κ2) is 16.1. The Balaban J connectivity index is 1.32. The van der Waals surface area contributed by atoms with Gasteiger partial charge in [-0.2, -0.15) is 13.2 Å². The van der Waals surface area contributed by atoms with Gasteiger partial charge in [-0.05, 0) is 62.1 Å². The second-order valence-corrected chi connectivity index (χ2v) is 15.6. The number of ether oxygens (including phenoxy) is 3. The van der Waals surface area contributed by atoms with Crippen molar-refractivity contribution >= 4 is 33.5 Å². The van der Waals surface area contributed by atoms with E-state index >= 15 is 4.39 Å². The lowest BCUT2D eigenvalue weighted by molar-refractivity contribution is -0.137. The van der Waals surface area contributed by atoms with Crippen LogP contribution in [-0.4, -0.2) is 91.9 Å². The van der Waals surface area contributed by atoms with Gasteiger partial charge < -0.3 is 24.2 Å². The molecule has 2 fully saturated rings. The first-order chi connectivity index (χ1) is 26.1. The first-order valence-electron chi connectivity index (χ1n) is 17.1. The molecule has 0 bridgehead atoms. The highest BCUT2D eigenvalue weighted by molar-refractivity contribution is 7.92. The monoisotopic (exact) mass is 807 g/mol. The first-order valence-corrected chi connectivity index (χ1v) is 18.9. The fourth-order valence-corrected chi connectivity index (χ4v) is 8.92. The number of carboxylic acid groups (broad SMARTS) is 1. The summed E-state index contributed by atoms with van der Waals surface area (Å²) in [6.07, 6.45) is -3.60. The molecule has 18 heteroatoms. The third kappa shape index (κ3) is 8.53. The first kappa shape index (κ1) is 39.8. The summed E-state index contributed by atoms with van der Waals surface area (Å²) in [6.45, 7) is 0.522. The maximum atomic E-state index is 16.2. The number of alkyl halides is 3. The van der Waals surface area contributed by atoms with E-state index in [0.29, 0.717) is 42.1 Å². The minimum absolute atomic E-state index is 0.0699. The maximum Gasteiger partial charge on any atom is 0.416 e. The summed E-state index contributed by atoms with van der Waals surface area (Å²) in [5, 5.41) is 10.1. The van der Waals surface area contributed by atoms with Gasteiger partial charge in [0.25, 0.3) is 10.0 Å². The third-order valence-electron chi connectivity index (χ3n) is 9.92. The highest BCUT2D eigenvalue weighted by Gasteiger charge is 2.45. The van der Waals surface area contributed by atoms with E-state index in [0.717, 1.165) is 34.9 Å². The van der Waals surface area contributed by atoms with Crippen LogP contribution in [0.3, 0.4) is 0 Å². The normalized spacial score (nSPS) is 19.3. The number of halogens is 5. The van der Waals surface area contributed by atoms with Gasteiger partial charge in [0.1, 0.15) is 46.2 Å². The van der Waals surface area contributed by atoms with Crippen molar-refractivity contribution < 1.29 is 50.1 Å². The second-order valence-electron chi connectivity index (χ2n) is 13.4. The number of rotatable bonds is 12. The summed E-state index contributed by atoms with van der Waals surface area (Å²) in [5.41, 5.74) is 0.00666. The molecule has 3 atom stereocenters. The molecule has 6 rings (SSSR count). The van der Waals surface area contributed by atoms with Gasteiger partial charge in [0.05, 0.1) is 43.4 Å². The lowest BCUT2D eigenvalue weighted by Gasteiger charge is -2.49. The van der Waals surface area contributed by atoms with Crippen LogP contribution in [0.5, 0.6) is 17.2 Å². The Bertz CT molecular complexity index is 2130. The van der Waals surface area contributed by atoms with Crippen molar-refractivity contribution in [1.82, 2.24) is 19.8 Å². The third-order valence-corrected chi connectivity index (χ3v) is 12.0. The predicted octanol–water partition coefficient (Wildman–Crippen LogP) is 7.08. The molecule has 2 aliphatic rings. The highest BCUT2D eigenvalue weighted by atomic mass is 35.5. The molecule has 1 saturated heterocycles. The number of carbonyl (C=O) groups is 1. The lowest BCUT2D eigenvalue weighted by Crippen LogP contribution is -2.65. The Morgan fingerprint density at radius 3 is 2.44 bits per heavy atom. The van der Waals surface area contributed by atoms with Crippen molar-refractivity contribution in [3.63, 3.8) is 0 Å². The van der Waals surface area contributed by atoms with E-state index in [4.69, 9.17) is 25.8 Å². The predicted molar refractivity (Wildman–Crippen MR) is 194 cm³/mol. The van der Waals surface area contributed by atoms with Crippen LogP contribution in [0.2, 0.25) is 5.02 Å². The van der Waals surface area contributed by atoms with Gasteiger partial charge in [-0.15, -0.1) is 0 Å². The van der Waals surface area contributed by atoms with Crippen molar-refractivity contribution in [1.29, 1.82) is 0 Å². The topological polar surface area (TPSA) is 135 Å². The number of amides is 1. The summed E-state index contributed by atoms with van der Waals surface area (Å²) < 4.78 is 103. The number of methoxy groups -OCH3 is 2. The van der Waals surface area contributed by atoms with Crippen LogP contribution in [0.4, 0.5) is 28.2 Å². The van der Waals surface area contributed by atoms with Crippen LogP contribution in [-0.2, 0) is 22.7 Å². The van der Waals surface area contributed by atoms with Crippen LogP contribution in [0, 0.1) is 5.82 Å². The number of nitrogens with zero attached hydrogens (tertiary/aromatic N) is 5. The largest absolute Gasteiger partial charge is 0.497 e. The van der Waals surface area contributed by atoms with E-state index in [2.05, 4.69) is 9.97 Å². The Labute approximate surface area is 320 Å². The van der Waals surface area contributed by atoms with Crippen molar-refractivity contribution in [3.05, 3.63) is 101 Å². The number of anilines is 1. The fraction of sp³-hybridized carbons (Fsp3) is 0.378.